The molecular weight excluding hydrogens is 232 g/mol. The summed E-state index contributed by atoms with van der Waals surface area (Å²) in [5.41, 5.74) is 12.1. The Bertz CT molecular complexity index is 608. The summed E-state index contributed by atoms with van der Waals surface area (Å²) in [6.07, 6.45) is 2.98. The highest BCUT2D eigenvalue weighted by molar-refractivity contribution is 5.92. The van der Waals surface area contributed by atoms with E-state index in [9.17, 15) is 9.59 Å². The fourth-order valence-electron chi connectivity index (χ4n) is 1.46. The van der Waals surface area contributed by atoms with Gasteiger partial charge >= 0.3 is 0 Å². The molecule has 0 bridgehead atoms. The normalized spacial score (nSPS) is 10.0. The van der Waals surface area contributed by atoms with Crippen molar-refractivity contribution in [2.75, 3.05) is 0 Å². The number of nitrogens with zero attached hydrogens (tertiary/aromatic N) is 2. The van der Waals surface area contributed by atoms with Crippen LogP contribution >= 0.6 is 0 Å². The Kier molecular flexibility index (Phi) is 3.01. The molecule has 2 amide bonds. The van der Waals surface area contributed by atoms with Crippen LogP contribution in [0, 0.1) is 0 Å². The smallest absolute Gasteiger partial charge is 0.267 e. The van der Waals surface area contributed by atoms with Gasteiger partial charge in [0.05, 0.1) is 0 Å². The highest BCUT2D eigenvalue weighted by Gasteiger charge is 2.06. The Balaban J connectivity index is 2.39. The standard InChI is InChI=1S/C12H10N4O2/c13-11(17)9-2-1-8(6-16-9)7-3-4-15-10(5-7)12(14)18/h1-6H,(H2,13,17)(H2,14,18). The molecular formula is C12H10N4O2. The lowest BCUT2D eigenvalue weighted by Gasteiger charge is -2.03. The van der Waals surface area contributed by atoms with Crippen molar-refractivity contribution in [1.29, 1.82) is 0 Å². The topological polar surface area (TPSA) is 112 Å². The maximum absolute atomic E-state index is 11.0. The van der Waals surface area contributed by atoms with Gasteiger partial charge in [0.15, 0.2) is 0 Å². The predicted octanol–water partition coefficient (Wildman–Crippen LogP) is 0.341. The largest absolute Gasteiger partial charge is 0.364 e. The van der Waals surface area contributed by atoms with Crippen molar-refractivity contribution >= 4 is 11.8 Å². The van der Waals surface area contributed by atoms with Gasteiger partial charge in [0, 0.05) is 18.0 Å². The van der Waals surface area contributed by atoms with Crippen LogP contribution in [0.3, 0.4) is 0 Å². The van der Waals surface area contributed by atoms with Gasteiger partial charge < -0.3 is 11.5 Å². The van der Waals surface area contributed by atoms with E-state index in [2.05, 4.69) is 9.97 Å². The van der Waals surface area contributed by atoms with Crippen LogP contribution in [0.4, 0.5) is 0 Å². The molecule has 6 nitrogen and oxygen atoms in total. The molecule has 0 spiro atoms. The van der Waals surface area contributed by atoms with Crippen molar-refractivity contribution in [2.24, 2.45) is 11.5 Å². The molecule has 0 aliphatic heterocycles. The van der Waals surface area contributed by atoms with Crippen molar-refractivity contribution < 1.29 is 9.59 Å². The van der Waals surface area contributed by atoms with E-state index in [-0.39, 0.29) is 11.4 Å². The minimum absolute atomic E-state index is 0.173. The average molecular weight is 242 g/mol. The van der Waals surface area contributed by atoms with E-state index < -0.39 is 11.8 Å². The summed E-state index contributed by atoms with van der Waals surface area (Å²) >= 11 is 0. The Morgan fingerprint density at radius 1 is 0.889 bits per heavy atom. The van der Waals surface area contributed by atoms with Crippen LogP contribution in [0.2, 0.25) is 0 Å². The van der Waals surface area contributed by atoms with E-state index in [0.29, 0.717) is 0 Å². The number of carbonyl (C=O) groups is 2. The van der Waals surface area contributed by atoms with Crippen molar-refractivity contribution in [3.63, 3.8) is 0 Å². The maximum Gasteiger partial charge on any atom is 0.267 e. The molecule has 0 saturated heterocycles. The van der Waals surface area contributed by atoms with Crippen LogP contribution < -0.4 is 11.5 Å². The first-order chi connectivity index (χ1) is 8.58. The second-order valence-electron chi connectivity index (χ2n) is 3.59. The summed E-state index contributed by atoms with van der Waals surface area (Å²) in [6.45, 7) is 0. The zero-order valence-electron chi connectivity index (χ0n) is 9.33. The van der Waals surface area contributed by atoms with Gasteiger partial charge in [-0.15, -0.1) is 0 Å². The molecule has 2 aromatic heterocycles. The third-order valence-electron chi connectivity index (χ3n) is 2.36. The minimum atomic E-state index is -0.599. The van der Waals surface area contributed by atoms with E-state index in [0.717, 1.165) is 11.1 Å². The van der Waals surface area contributed by atoms with Gasteiger partial charge in [-0.2, -0.15) is 0 Å². The molecule has 0 unspecified atom stereocenters. The van der Waals surface area contributed by atoms with E-state index in [4.69, 9.17) is 11.5 Å². The second kappa shape index (κ2) is 4.62. The highest BCUT2D eigenvalue weighted by atomic mass is 16.1. The number of hydrogen-bond acceptors (Lipinski definition) is 4. The van der Waals surface area contributed by atoms with Gasteiger partial charge in [-0.3, -0.25) is 19.6 Å². The quantitative estimate of drug-likeness (QED) is 0.808. The predicted molar refractivity (Wildman–Crippen MR) is 64.5 cm³/mol. The van der Waals surface area contributed by atoms with Crippen LogP contribution in [-0.4, -0.2) is 21.8 Å². The van der Waals surface area contributed by atoms with Gasteiger partial charge in [0.2, 0.25) is 0 Å². The highest BCUT2D eigenvalue weighted by Crippen LogP contribution is 2.18. The van der Waals surface area contributed by atoms with Crippen molar-refractivity contribution in [3.05, 3.63) is 48.0 Å². The average Bonchev–Trinajstić information content (AvgIpc) is 2.39. The first-order valence-corrected chi connectivity index (χ1v) is 5.10. The molecule has 2 heterocycles. The second-order valence-corrected chi connectivity index (χ2v) is 3.59. The molecule has 0 aliphatic rings. The number of nitrogens with two attached hydrogens (primary N) is 2. The molecule has 4 N–H and O–H groups in total. The maximum atomic E-state index is 11.0. The summed E-state index contributed by atoms with van der Waals surface area (Å²) < 4.78 is 0. The lowest BCUT2D eigenvalue weighted by molar-refractivity contribution is 0.0987. The third-order valence-corrected chi connectivity index (χ3v) is 2.36. The third kappa shape index (κ3) is 2.32. The van der Waals surface area contributed by atoms with E-state index in [1.165, 1.54) is 18.5 Å². The van der Waals surface area contributed by atoms with Crippen molar-refractivity contribution in [3.8, 4) is 11.1 Å². The Morgan fingerprint density at radius 3 is 2.17 bits per heavy atom. The monoisotopic (exact) mass is 242 g/mol. The number of primary amides is 2. The number of amides is 2. The van der Waals surface area contributed by atoms with E-state index in [1.54, 1.807) is 18.2 Å². The molecule has 18 heavy (non-hydrogen) atoms. The summed E-state index contributed by atoms with van der Waals surface area (Å²) in [6, 6.07) is 6.48. The number of rotatable bonds is 3. The number of carbonyl (C=O) groups excluding carboxylic acids is 2. The van der Waals surface area contributed by atoms with Gasteiger partial charge in [-0.05, 0) is 23.8 Å². The van der Waals surface area contributed by atoms with Crippen molar-refractivity contribution in [2.45, 2.75) is 0 Å². The van der Waals surface area contributed by atoms with Gasteiger partial charge in [-0.1, -0.05) is 6.07 Å². The Labute approximate surface area is 103 Å². The van der Waals surface area contributed by atoms with Crippen LogP contribution in [0.15, 0.2) is 36.7 Å². The van der Waals surface area contributed by atoms with Crippen LogP contribution in [0.1, 0.15) is 21.0 Å². The molecule has 0 saturated carbocycles. The molecule has 0 aromatic carbocycles. The summed E-state index contributed by atoms with van der Waals surface area (Å²) in [7, 11) is 0. The minimum Gasteiger partial charge on any atom is -0.364 e. The molecule has 0 atom stereocenters. The zero-order valence-corrected chi connectivity index (χ0v) is 9.33. The summed E-state index contributed by atoms with van der Waals surface area (Å²) in [5.74, 6) is -1.19. The molecule has 2 aromatic rings. The lowest BCUT2D eigenvalue weighted by Crippen LogP contribution is -2.13. The first kappa shape index (κ1) is 11.7. The first-order valence-electron chi connectivity index (χ1n) is 5.10. The van der Waals surface area contributed by atoms with Crippen LogP contribution in [-0.2, 0) is 0 Å². The fourth-order valence-corrected chi connectivity index (χ4v) is 1.46. The van der Waals surface area contributed by atoms with Gasteiger partial charge in [0.25, 0.3) is 11.8 Å². The molecule has 6 heteroatoms. The molecule has 0 aliphatic carbocycles. The Hall–Kier alpha value is -2.76. The van der Waals surface area contributed by atoms with Gasteiger partial charge in [-0.25, -0.2) is 0 Å². The fraction of sp³-hybridized carbons (Fsp3) is 0. The SMILES string of the molecule is NC(=O)c1ccc(-c2ccnc(C(N)=O)c2)cn1. The van der Waals surface area contributed by atoms with Crippen molar-refractivity contribution in [1.82, 2.24) is 9.97 Å². The number of pyridine rings is 2. The Morgan fingerprint density at radius 2 is 1.61 bits per heavy atom. The van der Waals surface area contributed by atoms with Crippen LogP contribution in [0.25, 0.3) is 11.1 Å². The lowest BCUT2D eigenvalue weighted by atomic mass is 10.1. The van der Waals surface area contributed by atoms with E-state index >= 15 is 0 Å². The van der Waals surface area contributed by atoms with Crippen LogP contribution in [0.5, 0.6) is 0 Å². The molecule has 0 fully saturated rings. The molecule has 90 valence electrons. The zero-order chi connectivity index (χ0) is 13.1. The number of hydrogen-bond donors (Lipinski definition) is 2. The van der Waals surface area contributed by atoms with E-state index in [1.807, 2.05) is 0 Å². The molecule has 2 rings (SSSR count). The van der Waals surface area contributed by atoms with Gasteiger partial charge in [0.1, 0.15) is 11.4 Å². The summed E-state index contributed by atoms with van der Waals surface area (Å²) in [4.78, 5) is 29.7. The number of aromatic nitrogens is 2. The summed E-state index contributed by atoms with van der Waals surface area (Å²) in [5, 5.41) is 0. The molecule has 0 radical (unpaired) electrons.